The molecule has 0 atom stereocenters. The van der Waals surface area contributed by atoms with Crippen molar-refractivity contribution in [2.24, 2.45) is 0 Å². The van der Waals surface area contributed by atoms with E-state index in [0.29, 0.717) is 13.1 Å². The van der Waals surface area contributed by atoms with Crippen LogP contribution < -0.4 is 10.2 Å². The number of aromatic nitrogens is 1. The van der Waals surface area contributed by atoms with Gasteiger partial charge in [0.05, 0.1) is 13.2 Å². The van der Waals surface area contributed by atoms with E-state index in [1.54, 1.807) is 0 Å². The zero-order valence-corrected chi connectivity index (χ0v) is 16.0. The largest absolute Gasteiger partial charge is 0.381 e. The lowest BCUT2D eigenvalue weighted by molar-refractivity contribution is 0.0786. The van der Waals surface area contributed by atoms with Crippen LogP contribution in [0.2, 0.25) is 0 Å². The van der Waals surface area contributed by atoms with E-state index in [0.717, 1.165) is 55.2 Å². The Labute approximate surface area is 160 Å². The Morgan fingerprint density at radius 1 is 1.26 bits per heavy atom. The number of carbonyl (C=O) groups excluding carboxylic acids is 1. The van der Waals surface area contributed by atoms with Crippen molar-refractivity contribution in [1.82, 2.24) is 9.88 Å². The van der Waals surface area contributed by atoms with Crippen molar-refractivity contribution >= 4 is 17.3 Å². The van der Waals surface area contributed by atoms with Crippen LogP contribution >= 0.6 is 0 Å². The van der Waals surface area contributed by atoms with Gasteiger partial charge in [0.15, 0.2) is 0 Å². The lowest BCUT2D eigenvalue weighted by Crippen LogP contribution is -2.36. The molecule has 0 bridgehead atoms. The van der Waals surface area contributed by atoms with Crippen LogP contribution in [0.15, 0.2) is 30.6 Å². The molecule has 1 N–H and O–H groups in total. The van der Waals surface area contributed by atoms with Crippen molar-refractivity contribution in [2.45, 2.75) is 26.9 Å². The fourth-order valence-corrected chi connectivity index (χ4v) is 3.95. The van der Waals surface area contributed by atoms with Gasteiger partial charge in [0, 0.05) is 67.6 Å². The molecule has 2 aromatic rings. The fraction of sp³-hybridized carbons (Fsp3) is 0.429. The minimum absolute atomic E-state index is 0.151. The van der Waals surface area contributed by atoms with Crippen molar-refractivity contribution < 1.29 is 9.53 Å². The van der Waals surface area contributed by atoms with Crippen LogP contribution in [-0.2, 0) is 17.8 Å². The highest BCUT2D eigenvalue weighted by Gasteiger charge is 2.28. The second-order valence-electron chi connectivity index (χ2n) is 7.10. The van der Waals surface area contributed by atoms with Crippen molar-refractivity contribution in [1.29, 1.82) is 0 Å². The van der Waals surface area contributed by atoms with Crippen LogP contribution in [0.25, 0.3) is 0 Å². The summed E-state index contributed by atoms with van der Waals surface area (Å²) in [6, 6.07) is 6.26. The molecule has 2 aliphatic heterocycles. The molecule has 0 spiro atoms. The highest BCUT2D eigenvalue weighted by atomic mass is 16.5. The standard InChI is InChI=1S/C21H26N4O2/c1-3-24-14-16-11-18(10-15(2)20(16)21(24)26)23-13-17-12-22-5-4-19(17)25-6-8-27-9-7-25/h4-5,10-12,23H,3,6-9,13-14H2,1-2H3. The molecule has 1 aromatic heterocycles. The third-order valence-corrected chi connectivity index (χ3v) is 5.37. The zero-order chi connectivity index (χ0) is 18.8. The van der Waals surface area contributed by atoms with Crippen LogP contribution in [0.5, 0.6) is 0 Å². The number of anilines is 2. The number of amides is 1. The minimum Gasteiger partial charge on any atom is -0.381 e. The number of ether oxygens (including phenoxy) is 1. The van der Waals surface area contributed by atoms with E-state index in [1.807, 2.05) is 31.1 Å². The molecule has 1 fully saturated rings. The van der Waals surface area contributed by atoms with Gasteiger partial charge in [-0.3, -0.25) is 9.78 Å². The van der Waals surface area contributed by atoms with E-state index < -0.39 is 0 Å². The molecule has 1 saturated heterocycles. The fourth-order valence-electron chi connectivity index (χ4n) is 3.95. The van der Waals surface area contributed by atoms with Gasteiger partial charge in [-0.2, -0.15) is 0 Å². The Kier molecular flexibility index (Phi) is 4.99. The maximum Gasteiger partial charge on any atom is 0.254 e. The average molecular weight is 366 g/mol. The van der Waals surface area contributed by atoms with Gasteiger partial charge in [-0.25, -0.2) is 0 Å². The Morgan fingerprint density at radius 3 is 2.85 bits per heavy atom. The number of nitrogens with zero attached hydrogens (tertiary/aromatic N) is 3. The molecule has 27 heavy (non-hydrogen) atoms. The van der Waals surface area contributed by atoms with Crippen molar-refractivity contribution in [2.75, 3.05) is 43.1 Å². The number of pyridine rings is 1. The second kappa shape index (κ2) is 7.56. The van der Waals surface area contributed by atoms with Gasteiger partial charge in [0.2, 0.25) is 0 Å². The number of hydrogen-bond acceptors (Lipinski definition) is 5. The number of nitrogens with one attached hydrogen (secondary N) is 1. The molecule has 1 amide bonds. The van der Waals surface area contributed by atoms with Gasteiger partial charge < -0.3 is 19.9 Å². The highest BCUT2D eigenvalue weighted by molar-refractivity contribution is 6.00. The third kappa shape index (κ3) is 3.49. The van der Waals surface area contributed by atoms with E-state index in [2.05, 4.69) is 33.4 Å². The van der Waals surface area contributed by atoms with Crippen LogP contribution in [0.4, 0.5) is 11.4 Å². The first-order chi connectivity index (χ1) is 13.2. The monoisotopic (exact) mass is 366 g/mol. The summed E-state index contributed by atoms with van der Waals surface area (Å²) in [5.41, 5.74) is 6.46. The van der Waals surface area contributed by atoms with E-state index in [1.165, 1.54) is 11.3 Å². The normalized spacial score (nSPS) is 16.6. The summed E-state index contributed by atoms with van der Waals surface area (Å²) in [7, 11) is 0. The van der Waals surface area contributed by atoms with Crippen LogP contribution in [-0.4, -0.2) is 48.6 Å². The predicted molar refractivity (Wildman–Crippen MR) is 106 cm³/mol. The first kappa shape index (κ1) is 17.8. The zero-order valence-electron chi connectivity index (χ0n) is 16.0. The molecular formula is C21H26N4O2. The molecule has 6 heteroatoms. The summed E-state index contributed by atoms with van der Waals surface area (Å²) in [6.07, 6.45) is 3.78. The molecule has 0 saturated carbocycles. The minimum atomic E-state index is 0.151. The van der Waals surface area contributed by atoms with Gasteiger partial charge in [0.25, 0.3) is 5.91 Å². The first-order valence-electron chi connectivity index (χ1n) is 9.59. The smallest absolute Gasteiger partial charge is 0.254 e. The van der Waals surface area contributed by atoms with E-state index in [4.69, 9.17) is 4.74 Å². The number of aryl methyl sites for hydroxylation is 1. The molecule has 6 nitrogen and oxygen atoms in total. The Bertz CT molecular complexity index is 846. The predicted octanol–water partition coefficient (Wildman–Crippen LogP) is 2.81. The first-order valence-corrected chi connectivity index (χ1v) is 9.59. The van der Waals surface area contributed by atoms with Gasteiger partial charge in [-0.15, -0.1) is 0 Å². The molecular weight excluding hydrogens is 340 g/mol. The topological polar surface area (TPSA) is 57.7 Å². The average Bonchev–Trinajstić information content (AvgIpc) is 3.03. The maximum atomic E-state index is 12.4. The Morgan fingerprint density at radius 2 is 2.07 bits per heavy atom. The SMILES string of the molecule is CCN1Cc2cc(NCc3cnccc3N3CCOCC3)cc(C)c2C1=O. The summed E-state index contributed by atoms with van der Waals surface area (Å²) in [4.78, 5) is 21.0. The van der Waals surface area contributed by atoms with Gasteiger partial charge in [0.1, 0.15) is 0 Å². The quantitative estimate of drug-likeness (QED) is 0.882. The summed E-state index contributed by atoms with van der Waals surface area (Å²) in [5.74, 6) is 0.151. The van der Waals surface area contributed by atoms with Crippen LogP contribution in [0.3, 0.4) is 0 Å². The van der Waals surface area contributed by atoms with Crippen molar-refractivity contribution in [3.63, 3.8) is 0 Å². The molecule has 4 rings (SSSR count). The third-order valence-electron chi connectivity index (χ3n) is 5.37. The second-order valence-corrected chi connectivity index (χ2v) is 7.10. The number of fused-ring (bicyclic) bond motifs is 1. The van der Waals surface area contributed by atoms with Crippen LogP contribution in [0, 0.1) is 6.92 Å². The number of carbonyl (C=O) groups is 1. The lowest BCUT2D eigenvalue weighted by Gasteiger charge is -2.30. The summed E-state index contributed by atoms with van der Waals surface area (Å²) in [5, 5.41) is 3.53. The number of hydrogen-bond donors (Lipinski definition) is 1. The summed E-state index contributed by atoms with van der Waals surface area (Å²) >= 11 is 0. The van der Waals surface area contributed by atoms with Gasteiger partial charge in [-0.05, 0) is 43.2 Å². The molecule has 1 aromatic carbocycles. The van der Waals surface area contributed by atoms with E-state index >= 15 is 0 Å². The van der Waals surface area contributed by atoms with Crippen molar-refractivity contribution in [3.8, 4) is 0 Å². The van der Waals surface area contributed by atoms with Crippen LogP contribution in [0.1, 0.15) is 34.0 Å². The number of benzene rings is 1. The van der Waals surface area contributed by atoms with Crippen molar-refractivity contribution in [3.05, 3.63) is 52.8 Å². The summed E-state index contributed by atoms with van der Waals surface area (Å²) in [6.45, 7) is 9.53. The molecule has 0 unspecified atom stereocenters. The lowest BCUT2D eigenvalue weighted by atomic mass is 10.0. The number of morpholine rings is 1. The summed E-state index contributed by atoms with van der Waals surface area (Å²) < 4.78 is 5.47. The van der Waals surface area contributed by atoms with Gasteiger partial charge in [-0.1, -0.05) is 0 Å². The molecule has 142 valence electrons. The Hall–Kier alpha value is -2.60. The number of rotatable bonds is 5. The highest BCUT2D eigenvalue weighted by Crippen LogP contribution is 2.29. The van der Waals surface area contributed by atoms with E-state index in [-0.39, 0.29) is 5.91 Å². The maximum absolute atomic E-state index is 12.4. The molecule has 0 aliphatic carbocycles. The molecule has 0 radical (unpaired) electrons. The Balaban J connectivity index is 1.52. The van der Waals surface area contributed by atoms with Gasteiger partial charge >= 0.3 is 0 Å². The van der Waals surface area contributed by atoms with E-state index in [9.17, 15) is 4.79 Å². The molecule has 2 aliphatic rings. The molecule has 3 heterocycles.